The van der Waals surface area contributed by atoms with Crippen molar-refractivity contribution in [3.63, 3.8) is 0 Å². The lowest BCUT2D eigenvalue weighted by Gasteiger charge is -2.10. The van der Waals surface area contributed by atoms with Crippen molar-refractivity contribution in [3.05, 3.63) is 62.3 Å². The van der Waals surface area contributed by atoms with Gasteiger partial charge in [0.25, 0.3) is 0 Å². The third kappa shape index (κ3) is 3.16. The van der Waals surface area contributed by atoms with Crippen LogP contribution >= 0.6 is 39.1 Å². The van der Waals surface area contributed by atoms with Crippen molar-refractivity contribution in [2.24, 2.45) is 0 Å². The maximum absolute atomic E-state index is 13.1. The minimum absolute atomic E-state index is 0.304. The van der Waals surface area contributed by atoms with Crippen molar-refractivity contribution in [2.75, 3.05) is 5.32 Å². The Morgan fingerprint density at radius 1 is 1.11 bits per heavy atom. The standard InChI is InChI=1S/C13H9BrCl2FN/c14-13-11(16)2-1-3-12(13)18-7-8-6-9(17)4-5-10(8)15/h1-6,18H,7H2. The molecule has 0 bridgehead atoms. The molecule has 0 amide bonds. The van der Waals surface area contributed by atoms with Crippen LogP contribution in [0.15, 0.2) is 40.9 Å². The first-order valence-electron chi connectivity index (χ1n) is 5.20. The third-order valence-corrected chi connectivity index (χ3v) is 4.19. The summed E-state index contributed by atoms with van der Waals surface area (Å²) in [7, 11) is 0. The fourth-order valence-electron chi connectivity index (χ4n) is 1.51. The van der Waals surface area contributed by atoms with E-state index in [4.69, 9.17) is 23.2 Å². The van der Waals surface area contributed by atoms with E-state index in [0.717, 1.165) is 10.2 Å². The Morgan fingerprint density at radius 3 is 2.67 bits per heavy atom. The predicted molar refractivity (Wildman–Crippen MR) is 77.9 cm³/mol. The molecular weight excluding hydrogens is 340 g/mol. The van der Waals surface area contributed by atoms with Crippen LogP contribution in [0, 0.1) is 5.82 Å². The Bertz CT molecular complexity index is 573. The van der Waals surface area contributed by atoms with E-state index < -0.39 is 0 Å². The average Bonchev–Trinajstić information content (AvgIpc) is 2.35. The molecule has 5 heteroatoms. The molecule has 1 N–H and O–H groups in total. The van der Waals surface area contributed by atoms with Crippen LogP contribution in [0.25, 0.3) is 0 Å². The lowest BCUT2D eigenvalue weighted by Crippen LogP contribution is -2.01. The summed E-state index contributed by atoms with van der Waals surface area (Å²) in [5.74, 6) is -0.304. The molecule has 0 radical (unpaired) electrons. The molecule has 2 aromatic carbocycles. The maximum atomic E-state index is 13.1. The largest absolute Gasteiger partial charge is 0.380 e. The van der Waals surface area contributed by atoms with Crippen molar-refractivity contribution >= 4 is 44.8 Å². The molecule has 1 nitrogen and oxygen atoms in total. The Morgan fingerprint density at radius 2 is 1.89 bits per heavy atom. The van der Waals surface area contributed by atoms with Gasteiger partial charge in [0.05, 0.1) is 15.2 Å². The van der Waals surface area contributed by atoms with Crippen LogP contribution < -0.4 is 5.32 Å². The van der Waals surface area contributed by atoms with Crippen LogP contribution in [0.1, 0.15) is 5.56 Å². The minimum Gasteiger partial charge on any atom is -0.380 e. The van der Waals surface area contributed by atoms with E-state index in [9.17, 15) is 4.39 Å². The summed E-state index contributed by atoms with van der Waals surface area (Å²) in [6.45, 7) is 0.426. The van der Waals surface area contributed by atoms with Crippen molar-refractivity contribution in [1.82, 2.24) is 0 Å². The Kier molecular flexibility index (Phi) is 4.49. The highest BCUT2D eigenvalue weighted by atomic mass is 79.9. The van der Waals surface area contributed by atoms with Gasteiger partial charge >= 0.3 is 0 Å². The van der Waals surface area contributed by atoms with Crippen LogP contribution in [0.5, 0.6) is 0 Å². The summed E-state index contributed by atoms with van der Waals surface area (Å²) in [6, 6.07) is 9.79. The maximum Gasteiger partial charge on any atom is 0.123 e. The van der Waals surface area contributed by atoms with Gasteiger partial charge in [-0.3, -0.25) is 0 Å². The van der Waals surface area contributed by atoms with Gasteiger partial charge in [-0.2, -0.15) is 0 Å². The van der Waals surface area contributed by atoms with E-state index >= 15 is 0 Å². The second-order valence-electron chi connectivity index (χ2n) is 3.69. The summed E-state index contributed by atoms with van der Waals surface area (Å²) in [6.07, 6.45) is 0. The molecule has 0 fully saturated rings. The van der Waals surface area contributed by atoms with Gasteiger partial charge in [-0.05, 0) is 51.8 Å². The summed E-state index contributed by atoms with van der Waals surface area (Å²) < 4.78 is 13.9. The van der Waals surface area contributed by atoms with Crippen molar-refractivity contribution in [3.8, 4) is 0 Å². The number of halogens is 4. The predicted octanol–water partition coefficient (Wildman–Crippen LogP) is 5.51. The highest BCUT2D eigenvalue weighted by Crippen LogP contribution is 2.30. The molecule has 0 aliphatic rings. The molecule has 2 rings (SSSR count). The number of anilines is 1. The van der Waals surface area contributed by atoms with E-state index in [1.54, 1.807) is 12.1 Å². The van der Waals surface area contributed by atoms with Gasteiger partial charge in [-0.15, -0.1) is 0 Å². The zero-order valence-electron chi connectivity index (χ0n) is 9.18. The smallest absolute Gasteiger partial charge is 0.123 e. The highest BCUT2D eigenvalue weighted by molar-refractivity contribution is 9.10. The second kappa shape index (κ2) is 5.91. The van der Waals surface area contributed by atoms with Crippen molar-refractivity contribution in [2.45, 2.75) is 6.54 Å². The van der Waals surface area contributed by atoms with Gasteiger partial charge < -0.3 is 5.32 Å². The molecule has 18 heavy (non-hydrogen) atoms. The number of hydrogen-bond donors (Lipinski definition) is 1. The van der Waals surface area contributed by atoms with Crippen LogP contribution in [0.4, 0.5) is 10.1 Å². The summed E-state index contributed by atoms with van der Waals surface area (Å²) in [4.78, 5) is 0. The van der Waals surface area contributed by atoms with Crippen LogP contribution in [0.3, 0.4) is 0 Å². The van der Waals surface area contributed by atoms with Crippen molar-refractivity contribution < 1.29 is 4.39 Å². The minimum atomic E-state index is -0.304. The lowest BCUT2D eigenvalue weighted by atomic mass is 10.2. The van der Waals surface area contributed by atoms with Crippen LogP contribution in [0.2, 0.25) is 10.0 Å². The molecule has 0 saturated carbocycles. The van der Waals surface area contributed by atoms with Gasteiger partial charge in [0.2, 0.25) is 0 Å². The molecule has 0 atom stereocenters. The Hall–Kier alpha value is -0.770. The average molecular weight is 349 g/mol. The normalized spacial score (nSPS) is 10.4. The SMILES string of the molecule is Fc1ccc(Cl)c(CNc2cccc(Cl)c2Br)c1. The molecule has 0 unspecified atom stereocenters. The fraction of sp³-hybridized carbons (Fsp3) is 0.0769. The molecule has 0 heterocycles. The first kappa shape index (κ1) is 13.7. The molecule has 0 saturated heterocycles. The number of rotatable bonds is 3. The fourth-order valence-corrected chi connectivity index (χ4v) is 2.27. The van der Waals surface area contributed by atoms with Gasteiger partial charge in [-0.25, -0.2) is 4.39 Å². The van der Waals surface area contributed by atoms with Gasteiger partial charge in [0.1, 0.15) is 5.82 Å². The highest BCUT2D eigenvalue weighted by Gasteiger charge is 2.05. The first-order valence-corrected chi connectivity index (χ1v) is 6.74. The number of benzene rings is 2. The lowest BCUT2D eigenvalue weighted by molar-refractivity contribution is 0.626. The van der Waals surface area contributed by atoms with Gasteiger partial charge in [-0.1, -0.05) is 29.3 Å². The molecule has 0 aliphatic heterocycles. The summed E-state index contributed by atoms with van der Waals surface area (Å²) >= 11 is 15.4. The molecule has 0 aliphatic carbocycles. The van der Waals surface area contributed by atoms with Gasteiger partial charge in [0, 0.05) is 11.6 Å². The number of hydrogen-bond acceptors (Lipinski definition) is 1. The van der Waals surface area contributed by atoms with Crippen LogP contribution in [-0.2, 0) is 6.54 Å². The van der Waals surface area contributed by atoms with Crippen molar-refractivity contribution in [1.29, 1.82) is 0 Å². The van der Waals surface area contributed by atoms with E-state index in [-0.39, 0.29) is 5.82 Å². The quantitative estimate of drug-likeness (QED) is 0.771. The summed E-state index contributed by atoms with van der Waals surface area (Å²) in [5, 5.41) is 4.30. The van der Waals surface area contributed by atoms with E-state index in [1.165, 1.54) is 12.1 Å². The third-order valence-electron chi connectivity index (χ3n) is 2.43. The summed E-state index contributed by atoms with van der Waals surface area (Å²) in [5.41, 5.74) is 1.53. The van der Waals surface area contributed by atoms with E-state index in [1.807, 2.05) is 12.1 Å². The molecule has 2 aromatic rings. The second-order valence-corrected chi connectivity index (χ2v) is 5.30. The zero-order chi connectivity index (χ0) is 13.1. The molecule has 0 spiro atoms. The Labute approximate surface area is 123 Å². The molecular formula is C13H9BrCl2FN. The molecule has 0 aromatic heterocycles. The van der Waals surface area contributed by atoms with Crippen LogP contribution in [-0.4, -0.2) is 0 Å². The monoisotopic (exact) mass is 347 g/mol. The Balaban J connectivity index is 2.16. The molecule has 94 valence electrons. The number of nitrogens with one attached hydrogen (secondary N) is 1. The van der Waals surface area contributed by atoms with E-state index in [2.05, 4.69) is 21.2 Å². The van der Waals surface area contributed by atoms with E-state index in [0.29, 0.717) is 22.2 Å². The van der Waals surface area contributed by atoms with Gasteiger partial charge in [0.15, 0.2) is 0 Å². The first-order chi connectivity index (χ1) is 8.58. The zero-order valence-corrected chi connectivity index (χ0v) is 12.3. The topological polar surface area (TPSA) is 12.0 Å².